The van der Waals surface area contributed by atoms with Crippen LogP contribution in [-0.2, 0) is 4.79 Å². The van der Waals surface area contributed by atoms with Crippen molar-refractivity contribution in [1.29, 1.82) is 0 Å². The zero-order chi connectivity index (χ0) is 11.4. The number of Topliss-reactive ketones (excluding diaryl/α,β-unsaturated/α-hetero) is 2. The minimum absolute atomic E-state index is 0.154. The highest BCUT2D eigenvalue weighted by atomic mass is 19.1. The molecule has 0 atom stereocenters. The van der Waals surface area contributed by atoms with Gasteiger partial charge in [-0.2, -0.15) is 0 Å². The fourth-order valence-electron chi connectivity index (χ4n) is 1.26. The molecule has 1 aromatic carbocycles. The molecule has 0 aromatic heterocycles. The molecule has 0 aliphatic carbocycles. The molecule has 0 bridgehead atoms. The summed E-state index contributed by atoms with van der Waals surface area (Å²) in [5.41, 5.74) is -0.157. The first-order chi connectivity index (χ1) is 7.06. The molecule has 0 N–H and O–H groups in total. The number of halogens is 1. The Morgan fingerprint density at radius 2 is 2.07 bits per heavy atom. The van der Waals surface area contributed by atoms with Gasteiger partial charge in [0.1, 0.15) is 17.3 Å². The van der Waals surface area contributed by atoms with Gasteiger partial charge in [0.25, 0.3) is 0 Å². The third kappa shape index (κ3) is 2.62. The van der Waals surface area contributed by atoms with E-state index in [4.69, 9.17) is 4.74 Å². The van der Waals surface area contributed by atoms with E-state index in [1.54, 1.807) is 0 Å². The number of ketones is 2. The van der Waals surface area contributed by atoms with Crippen LogP contribution >= 0.6 is 0 Å². The molecule has 0 amide bonds. The lowest BCUT2D eigenvalue weighted by Crippen LogP contribution is -2.09. The van der Waals surface area contributed by atoms with E-state index < -0.39 is 11.6 Å². The summed E-state index contributed by atoms with van der Waals surface area (Å²) in [4.78, 5) is 22.3. The minimum Gasteiger partial charge on any atom is -0.496 e. The number of hydrogen-bond donors (Lipinski definition) is 0. The smallest absolute Gasteiger partial charge is 0.176 e. The van der Waals surface area contributed by atoms with Crippen molar-refractivity contribution in [3.05, 3.63) is 29.6 Å². The van der Waals surface area contributed by atoms with Gasteiger partial charge < -0.3 is 4.74 Å². The lowest BCUT2D eigenvalue weighted by molar-refractivity contribution is -0.116. The van der Waals surface area contributed by atoms with Gasteiger partial charge in [0.05, 0.1) is 19.1 Å². The summed E-state index contributed by atoms with van der Waals surface area (Å²) in [5, 5.41) is 0. The predicted molar refractivity (Wildman–Crippen MR) is 52.6 cm³/mol. The SMILES string of the molecule is COc1cccc(F)c1C(=O)CC(C)=O. The third-order valence-corrected chi connectivity index (χ3v) is 1.88. The van der Waals surface area contributed by atoms with E-state index in [0.29, 0.717) is 0 Å². The van der Waals surface area contributed by atoms with Crippen molar-refractivity contribution in [3.63, 3.8) is 0 Å². The second kappa shape index (κ2) is 4.68. The average molecular weight is 210 g/mol. The van der Waals surface area contributed by atoms with Gasteiger partial charge in [-0.25, -0.2) is 4.39 Å². The summed E-state index contributed by atoms with van der Waals surface area (Å²) in [6.45, 7) is 1.28. The maximum absolute atomic E-state index is 13.3. The van der Waals surface area contributed by atoms with Crippen molar-refractivity contribution in [3.8, 4) is 5.75 Å². The number of rotatable bonds is 4. The van der Waals surface area contributed by atoms with Gasteiger partial charge in [-0.3, -0.25) is 9.59 Å². The molecular weight excluding hydrogens is 199 g/mol. The van der Waals surface area contributed by atoms with Crippen LogP contribution in [0.1, 0.15) is 23.7 Å². The van der Waals surface area contributed by atoms with Crippen molar-refractivity contribution in [1.82, 2.24) is 0 Å². The van der Waals surface area contributed by atoms with Crippen LogP contribution < -0.4 is 4.74 Å². The van der Waals surface area contributed by atoms with Crippen LogP contribution in [0.15, 0.2) is 18.2 Å². The number of methoxy groups -OCH3 is 1. The molecule has 80 valence electrons. The zero-order valence-corrected chi connectivity index (χ0v) is 8.54. The molecule has 0 spiro atoms. The van der Waals surface area contributed by atoms with Crippen LogP contribution in [0.5, 0.6) is 5.75 Å². The monoisotopic (exact) mass is 210 g/mol. The maximum Gasteiger partial charge on any atom is 0.176 e. The number of carbonyl (C=O) groups is 2. The Labute approximate surface area is 86.9 Å². The van der Waals surface area contributed by atoms with Gasteiger partial charge in [0.15, 0.2) is 5.78 Å². The van der Waals surface area contributed by atoms with Gasteiger partial charge in [-0.15, -0.1) is 0 Å². The molecule has 0 saturated carbocycles. The van der Waals surface area contributed by atoms with Gasteiger partial charge in [-0.1, -0.05) is 6.07 Å². The summed E-state index contributed by atoms with van der Waals surface area (Å²) < 4.78 is 18.2. The Bertz CT molecular complexity index is 399. The quantitative estimate of drug-likeness (QED) is 0.564. The van der Waals surface area contributed by atoms with E-state index >= 15 is 0 Å². The summed E-state index contributed by atoms with van der Waals surface area (Å²) >= 11 is 0. The van der Waals surface area contributed by atoms with Crippen LogP contribution in [0, 0.1) is 5.82 Å². The highest BCUT2D eigenvalue weighted by molar-refractivity contribution is 6.08. The first kappa shape index (κ1) is 11.4. The van der Waals surface area contributed by atoms with Crippen molar-refractivity contribution >= 4 is 11.6 Å². The minimum atomic E-state index is -0.666. The van der Waals surface area contributed by atoms with Crippen molar-refractivity contribution in [2.24, 2.45) is 0 Å². The lowest BCUT2D eigenvalue weighted by atomic mass is 10.0. The van der Waals surface area contributed by atoms with Crippen molar-refractivity contribution in [2.45, 2.75) is 13.3 Å². The summed E-state index contributed by atoms with van der Waals surface area (Å²) in [6.07, 6.45) is -0.308. The fourth-order valence-corrected chi connectivity index (χ4v) is 1.26. The first-order valence-electron chi connectivity index (χ1n) is 4.41. The highest BCUT2D eigenvalue weighted by Crippen LogP contribution is 2.22. The molecule has 0 saturated heterocycles. The Balaban J connectivity index is 3.11. The normalized spacial score (nSPS) is 9.80. The molecule has 15 heavy (non-hydrogen) atoms. The molecule has 0 aliphatic heterocycles. The summed E-state index contributed by atoms with van der Waals surface area (Å²) in [6, 6.07) is 4.09. The third-order valence-electron chi connectivity index (χ3n) is 1.88. The van der Waals surface area contributed by atoms with Crippen LogP contribution in [-0.4, -0.2) is 18.7 Å². The number of carbonyl (C=O) groups excluding carboxylic acids is 2. The fraction of sp³-hybridized carbons (Fsp3) is 0.273. The largest absolute Gasteiger partial charge is 0.496 e. The van der Waals surface area contributed by atoms with E-state index in [2.05, 4.69) is 0 Å². The maximum atomic E-state index is 13.3. The highest BCUT2D eigenvalue weighted by Gasteiger charge is 2.18. The van der Waals surface area contributed by atoms with Gasteiger partial charge in [0.2, 0.25) is 0 Å². The first-order valence-corrected chi connectivity index (χ1v) is 4.41. The molecule has 0 heterocycles. The zero-order valence-electron chi connectivity index (χ0n) is 8.54. The van der Waals surface area contributed by atoms with Crippen molar-refractivity contribution < 1.29 is 18.7 Å². The van der Waals surface area contributed by atoms with E-state index in [-0.39, 0.29) is 23.5 Å². The molecule has 0 unspecified atom stereocenters. The van der Waals surface area contributed by atoms with Crippen LogP contribution in [0.4, 0.5) is 4.39 Å². The van der Waals surface area contributed by atoms with Gasteiger partial charge in [0, 0.05) is 0 Å². The van der Waals surface area contributed by atoms with Crippen LogP contribution in [0.25, 0.3) is 0 Å². The summed E-state index contributed by atoms with van der Waals surface area (Å²) in [7, 11) is 1.35. The van der Waals surface area contributed by atoms with E-state index in [9.17, 15) is 14.0 Å². The molecule has 1 aromatic rings. The Morgan fingerprint density at radius 3 is 2.60 bits per heavy atom. The number of ether oxygens (including phenoxy) is 1. The predicted octanol–water partition coefficient (Wildman–Crippen LogP) is 2.00. The Kier molecular flexibility index (Phi) is 3.55. The Morgan fingerprint density at radius 1 is 1.40 bits per heavy atom. The second-order valence-corrected chi connectivity index (χ2v) is 3.12. The van der Waals surface area contributed by atoms with E-state index in [1.807, 2.05) is 0 Å². The Hall–Kier alpha value is -1.71. The van der Waals surface area contributed by atoms with Crippen LogP contribution in [0.3, 0.4) is 0 Å². The molecular formula is C11H11FO3. The number of hydrogen-bond acceptors (Lipinski definition) is 3. The second-order valence-electron chi connectivity index (χ2n) is 3.12. The standard InChI is InChI=1S/C11H11FO3/c1-7(13)6-9(14)11-8(12)4-3-5-10(11)15-2/h3-5H,6H2,1-2H3. The topological polar surface area (TPSA) is 43.4 Å². The summed E-state index contributed by atoms with van der Waals surface area (Å²) in [5.74, 6) is -1.37. The molecule has 4 heteroatoms. The van der Waals surface area contributed by atoms with Gasteiger partial charge in [-0.05, 0) is 19.1 Å². The molecule has 0 aliphatic rings. The molecule has 0 radical (unpaired) electrons. The molecule has 0 fully saturated rings. The lowest BCUT2D eigenvalue weighted by Gasteiger charge is -2.07. The number of benzene rings is 1. The van der Waals surface area contributed by atoms with E-state index in [0.717, 1.165) is 6.07 Å². The van der Waals surface area contributed by atoms with Gasteiger partial charge >= 0.3 is 0 Å². The molecule has 1 rings (SSSR count). The average Bonchev–Trinajstić information content (AvgIpc) is 2.15. The van der Waals surface area contributed by atoms with Crippen LogP contribution in [0.2, 0.25) is 0 Å². The van der Waals surface area contributed by atoms with Crippen molar-refractivity contribution in [2.75, 3.05) is 7.11 Å². The van der Waals surface area contributed by atoms with E-state index in [1.165, 1.54) is 26.2 Å². The molecule has 3 nitrogen and oxygen atoms in total.